The summed E-state index contributed by atoms with van der Waals surface area (Å²) >= 11 is 0. The second-order valence-electron chi connectivity index (χ2n) is 4.79. The molecule has 0 fully saturated rings. The van der Waals surface area contributed by atoms with Crippen molar-refractivity contribution in [2.24, 2.45) is 4.99 Å². The minimum atomic E-state index is -1.02. The van der Waals surface area contributed by atoms with Gasteiger partial charge in [0.05, 0.1) is 19.9 Å². The van der Waals surface area contributed by atoms with Crippen LogP contribution in [0.2, 0.25) is 0 Å². The molecule has 2 aromatic rings. The maximum absolute atomic E-state index is 11.8. The molecule has 1 aliphatic heterocycles. The monoisotopic (exact) mass is 312 g/mol. The van der Waals surface area contributed by atoms with Crippen LogP contribution in [0.3, 0.4) is 0 Å². The van der Waals surface area contributed by atoms with Crippen molar-refractivity contribution in [3.63, 3.8) is 0 Å². The number of ether oxygens (including phenoxy) is 2. The quantitative estimate of drug-likeness (QED) is 0.811. The summed E-state index contributed by atoms with van der Waals surface area (Å²) in [6.45, 7) is 0. The molecule has 0 saturated carbocycles. The van der Waals surface area contributed by atoms with E-state index in [1.54, 1.807) is 7.11 Å². The van der Waals surface area contributed by atoms with Crippen LogP contribution in [0.1, 0.15) is 5.56 Å². The average Bonchev–Trinajstić information content (AvgIpc) is 3.07. The van der Waals surface area contributed by atoms with Gasteiger partial charge in [-0.25, -0.2) is 19.7 Å². The summed E-state index contributed by atoms with van der Waals surface area (Å²) in [7, 11) is 2.91. The normalized spacial score (nSPS) is 16.9. The van der Waals surface area contributed by atoms with E-state index in [0.717, 1.165) is 17.0 Å². The van der Waals surface area contributed by atoms with Crippen molar-refractivity contribution < 1.29 is 19.1 Å². The number of carbonyl (C=O) groups is 1. The Bertz CT molecular complexity index is 713. The van der Waals surface area contributed by atoms with E-state index in [1.165, 1.54) is 12.2 Å². The summed E-state index contributed by atoms with van der Waals surface area (Å²) in [5.41, 5.74) is 1.58. The SMILES string of the molecule is COC(=O)C1N=C(c2ccc(OC)cc2)N(c2ccccc2)O1. The molecule has 6 heteroatoms. The van der Waals surface area contributed by atoms with Gasteiger partial charge in [-0.3, -0.25) is 0 Å². The van der Waals surface area contributed by atoms with E-state index in [2.05, 4.69) is 4.99 Å². The van der Waals surface area contributed by atoms with Gasteiger partial charge < -0.3 is 9.47 Å². The summed E-state index contributed by atoms with van der Waals surface area (Å²) in [6, 6.07) is 16.8. The summed E-state index contributed by atoms with van der Waals surface area (Å²) < 4.78 is 9.88. The standard InChI is InChI=1S/C17H16N2O4/c1-21-14-10-8-12(9-11-14)15-18-16(17(20)22-2)23-19(15)13-6-4-3-5-7-13/h3-11,16H,1-2H3. The molecule has 23 heavy (non-hydrogen) atoms. The lowest BCUT2D eigenvalue weighted by Gasteiger charge is -2.19. The molecule has 0 saturated heterocycles. The lowest BCUT2D eigenvalue weighted by molar-refractivity contribution is -0.152. The van der Waals surface area contributed by atoms with Crippen molar-refractivity contribution in [3.05, 3.63) is 60.2 Å². The molecule has 3 rings (SSSR count). The van der Waals surface area contributed by atoms with Gasteiger partial charge in [-0.15, -0.1) is 0 Å². The molecule has 1 unspecified atom stereocenters. The molecular formula is C17H16N2O4. The molecule has 1 heterocycles. The first-order valence-corrected chi connectivity index (χ1v) is 7.05. The number of methoxy groups -OCH3 is 2. The van der Waals surface area contributed by atoms with E-state index in [9.17, 15) is 4.79 Å². The summed E-state index contributed by atoms with van der Waals surface area (Å²) in [5, 5.41) is 1.53. The number of para-hydroxylation sites is 1. The largest absolute Gasteiger partial charge is 0.497 e. The highest BCUT2D eigenvalue weighted by atomic mass is 16.7. The van der Waals surface area contributed by atoms with Gasteiger partial charge in [-0.1, -0.05) is 18.2 Å². The number of hydrogen-bond donors (Lipinski definition) is 0. The van der Waals surface area contributed by atoms with E-state index in [1.807, 2.05) is 54.6 Å². The van der Waals surface area contributed by atoms with Gasteiger partial charge in [-0.05, 0) is 36.4 Å². The Labute approximate surface area is 133 Å². The molecule has 1 atom stereocenters. The Morgan fingerprint density at radius 3 is 2.39 bits per heavy atom. The highest BCUT2D eigenvalue weighted by Gasteiger charge is 2.34. The van der Waals surface area contributed by atoms with Crippen LogP contribution < -0.4 is 9.80 Å². The van der Waals surface area contributed by atoms with Crippen molar-refractivity contribution in [1.29, 1.82) is 0 Å². The molecular weight excluding hydrogens is 296 g/mol. The van der Waals surface area contributed by atoms with E-state index in [0.29, 0.717) is 5.84 Å². The van der Waals surface area contributed by atoms with Crippen LogP contribution in [0.4, 0.5) is 5.69 Å². The van der Waals surface area contributed by atoms with Crippen LogP contribution in [-0.4, -0.2) is 32.3 Å². The lowest BCUT2D eigenvalue weighted by Crippen LogP contribution is -2.30. The third-order valence-corrected chi connectivity index (χ3v) is 3.38. The van der Waals surface area contributed by atoms with Gasteiger partial charge >= 0.3 is 5.97 Å². The van der Waals surface area contributed by atoms with Crippen molar-refractivity contribution in [2.45, 2.75) is 6.23 Å². The number of hydroxylamine groups is 1. The lowest BCUT2D eigenvalue weighted by atomic mass is 10.2. The number of hydrogen-bond acceptors (Lipinski definition) is 6. The molecule has 0 bridgehead atoms. The van der Waals surface area contributed by atoms with Crippen LogP contribution in [0.15, 0.2) is 59.6 Å². The highest BCUT2D eigenvalue weighted by Crippen LogP contribution is 2.26. The Morgan fingerprint density at radius 1 is 1.09 bits per heavy atom. The first-order chi connectivity index (χ1) is 11.2. The van der Waals surface area contributed by atoms with Crippen LogP contribution >= 0.6 is 0 Å². The molecule has 1 aliphatic rings. The van der Waals surface area contributed by atoms with Crippen LogP contribution in [0, 0.1) is 0 Å². The molecule has 0 N–H and O–H groups in total. The molecule has 0 aliphatic carbocycles. The fourth-order valence-corrected chi connectivity index (χ4v) is 2.21. The second kappa shape index (κ2) is 6.50. The number of nitrogens with zero attached hydrogens (tertiary/aromatic N) is 2. The van der Waals surface area contributed by atoms with Crippen molar-refractivity contribution >= 4 is 17.5 Å². The topological polar surface area (TPSA) is 60.4 Å². The van der Waals surface area contributed by atoms with Gasteiger partial charge in [0, 0.05) is 5.56 Å². The number of rotatable bonds is 4. The molecule has 0 amide bonds. The number of amidine groups is 1. The molecule has 2 aromatic carbocycles. The van der Waals surface area contributed by atoms with Gasteiger partial charge in [0.1, 0.15) is 5.75 Å². The first-order valence-electron chi connectivity index (χ1n) is 7.05. The van der Waals surface area contributed by atoms with Gasteiger partial charge in [0.2, 0.25) is 0 Å². The molecule has 0 radical (unpaired) electrons. The number of anilines is 1. The van der Waals surface area contributed by atoms with Crippen molar-refractivity contribution in [1.82, 2.24) is 0 Å². The average molecular weight is 312 g/mol. The van der Waals surface area contributed by atoms with Gasteiger partial charge in [0.25, 0.3) is 6.23 Å². The Kier molecular flexibility index (Phi) is 4.25. The number of carbonyl (C=O) groups excluding carboxylic acids is 1. The predicted octanol–water partition coefficient (Wildman–Crippen LogP) is 2.39. The maximum Gasteiger partial charge on any atom is 0.360 e. The van der Waals surface area contributed by atoms with Crippen molar-refractivity contribution in [2.75, 3.05) is 19.3 Å². The number of aliphatic imine (C=N–C) groups is 1. The maximum atomic E-state index is 11.8. The number of esters is 1. The van der Waals surface area contributed by atoms with E-state index in [-0.39, 0.29) is 0 Å². The highest BCUT2D eigenvalue weighted by molar-refractivity contribution is 6.10. The zero-order valence-electron chi connectivity index (χ0n) is 12.8. The Hall–Kier alpha value is -2.86. The number of benzene rings is 2. The third kappa shape index (κ3) is 3.02. The second-order valence-corrected chi connectivity index (χ2v) is 4.79. The fraction of sp³-hybridized carbons (Fsp3) is 0.176. The fourth-order valence-electron chi connectivity index (χ4n) is 2.21. The summed E-state index contributed by atoms with van der Waals surface area (Å²) in [6.07, 6.45) is -1.02. The smallest absolute Gasteiger partial charge is 0.360 e. The molecule has 0 aromatic heterocycles. The van der Waals surface area contributed by atoms with Crippen LogP contribution in [-0.2, 0) is 14.4 Å². The van der Waals surface area contributed by atoms with Gasteiger partial charge in [0.15, 0.2) is 5.84 Å². The minimum absolute atomic E-state index is 0.536. The predicted molar refractivity (Wildman–Crippen MR) is 85.3 cm³/mol. The van der Waals surface area contributed by atoms with E-state index < -0.39 is 12.2 Å². The van der Waals surface area contributed by atoms with Crippen molar-refractivity contribution in [3.8, 4) is 5.75 Å². The zero-order valence-corrected chi connectivity index (χ0v) is 12.8. The zero-order chi connectivity index (χ0) is 16.2. The van der Waals surface area contributed by atoms with Crippen LogP contribution in [0.25, 0.3) is 0 Å². The summed E-state index contributed by atoms with van der Waals surface area (Å²) in [5.74, 6) is 0.729. The van der Waals surface area contributed by atoms with E-state index >= 15 is 0 Å². The summed E-state index contributed by atoms with van der Waals surface area (Å²) in [4.78, 5) is 21.8. The van der Waals surface area contributed by atoms with Crippen LogP contribution in [0.5, 0.6) is 5.75 Å². The first kappa shape index (κ1) is 15.1. The Balaban J connectivity index is 1.98. The van der Waals surface area contributed by atoms with E-state index in [4.69, 9.17) is 14.3 Å². The third-order valence-electron chi connectivity index (χ3n) is 3.38. The van der Waals surface area contributed by atoms with Gasteiger partial charge in [-0.2, -0.15) is 0 Å². The molecule has 118 valence electrons. The minimum Gasteiger partial charge on any atom is -0.497 e. The molecule has 6 nitrogen and oxygen atoms in total. The Morgan fingerprint density at radius 2 is 1.78 bits per heavy atom. The molecule has 0 spiro atoms.